The number of phenols is 1. The van der Waals surface area contributed by atoms with E-state index >= 15 is 0 Å². The maximum atomic E-state index is 12.4. The molecule has 0 atom stereocenters. The maximum absolute atomic E-state index is 12.4. The Labute approximate surface area is 148 Å². The predicted octanol–water partition coefficient (Wildman–Crippen LogP) is 3.42. The molecule has 2 aromatic carbocycles. The van der Waals surface area contributed by atoms with Crippen molar-refractivity contribution >= 4 is 35.2 Å². The zero-order valence-electron chi connectivity index (χ0n) is 14.3. The van der Waals surface area contributed by atoms with E-state index < -0.39 is 25.0 Å². The number of carboxylic acids is 1. The van der Waals surface area contributed by atoms with Crippen molar-refractivity contribution in [2.75, 3.05) is 0 Å². The number of benzene rings is 2. The Kier molecular flexibility index (Phi) is 5.37. The van der Waals surface area contributed by atoms with Gasteiger partial charge in [-0.15, -0.1) is 0 Å². The van der Waals surface area contributed by atoms with Gasteiger partial charge in [-0.2, -0.15) is 0 Å². The first kappa shape index (κ1) is 18.8. The summed E-state index contributed by atoms with van der Waals surface area (Å²) in [6.07, 6.45) is 1.03. The summed E-state index contributed by atoms with van der Waals surface area (Å²) in [5, 5.41) is 29.0. The van der Waals surface area contributed by atoms with Gasteiger partial charge in [-0.1, -0.05) is 0 Å². The van der Waals surface area contributed by atoms with Crippen molar-refractivity contribution in [2.24, 2.45) is 0 Å². The normalized spacial score (nSPS) is 12.0. The third-order valence-electron chi connectivity index (χ3n) is 3.82. The Bertz CT molecular complexity index is 845. The first-order valence-electron chi connectivity index (χ1n) is 7.72. The monoisotopic (exact) mass is 402 g/mol. The number of aliphatic hydroxyl groups is 1. The first-order valence-corrected chi connectivity index (χ1v) is 15.1. The molecule has 25 heavy (non-hydrogen) atoms. The van der Waals surface area contributed by atoms with Crippen LogP contribution in [0.1, 0.15) is 26.3 Å². The minimum atomic E-state index is -2.17. The fraction of sp³-hybridized carbons (Fsp3) is 0.158. The summed E-state index contributed by atoms with van der Waals surface area (Å²) in [6, 6.07) is 10.6. The Morgan fingerprint density at radius 3 is 2.00 bits per heavy atom. The van der Waals surface area contributed by atoms with E-state index in [1.54, 1.807) is 6.07 Å². The molecule has 0 aromatic heterocycles. The van der Waals surface area contributed by atoms with Crippen LogP contribution >= 0.6 is 0 Å². The molecule has 0 unspecified atom stereocenters. The molecule has 0 fully saturated rings. The van der Waals surface area contributed by atoms with Crippen molar-refractivity contribution in [3.63, 3.8) is 0 Å². The van der Waals surface area contributed by atoms with Crippen LogP contribution in [0.15, 0.2) is 48.5 Å². The minimum absolute atomic E-state index is 0.0880. The third-order valence-corrected chi connectivity index (χ3v) is 8.11. The second-order valence-corrected chi connectivity index (χ2v) is 17.4. The molecule has 0 aliphatic rings. The second kappa shape index (κ2) is 7.15. The SMILES string of the molecule is [CH3][Ge]([CH3])([CH3])[c]1ccc(O)c(C(=O)/C=C(/O)c2ccc(C(=O)O)cc2)c1. The van der Waals surface area contributed by atoms with Crippen LogP contribution in [-0.4, -0.2) is 40.3 Å². The topological polar surface area (TPSA) is 94.8 Å². The van der Waals surface area contributed by atoms with Crippen LogP contribution in [0.4, 0.5) is 0 Å². The van der Waals surface area contributed by atoms with Crippen LogP contribution < -0.4 is 4.40 Å². The van der Waals surface area contributed by atoms with Gasteiger partial charge in [0.25, 0.3) is 0 Å². The van der Waals surface area contributed by atoms with E-state index in [9.17, 15) is 19.8 Å². The number of aromatic carboxylic acids is 1. The summed E-state index contributed by atoms with van der Waals surface area (Å²) in [7, 11) is 0. The van der Waals surface area contributed by atoms with Gasteiger partial charge in [0.2, 0.25) is 0 Å². The van der Waals surface area contributed by atoms with Crippen LogP contribution in [0.5, 0.6) is 5.75 Å². The molecule has 0 aliphatic carbocycles. The Hall–Kier alpha value is -2.54. The molecule has 0 radical (unpaired) electrons. The van der Waals surface area contributed by atoms with Crippen LogP contribution in [0.3, 0.4) is 0 Å². The fourth-order valence-electron chi connectivity index (χ4n) is 2.27. The molecule has 0 spiro atoms. The zero-order valence-corrected chi connectivity index (χ0v) is 16.4. The average Bonchev–Trinajstić information content (AvgIpc) is 2.54. The summed E-state index contributed by atoms with van der Waals surface area (Å²) < 4.78 is 1.07. The Balaban J connectivity index is 2.34. The molecule has 0 heterocycles. The van der Waals surface area contributed by atoms with Gasteiger partial charge < -0.3 is 0 Å². The van der Waals surface area contributed by atoms with Gasteiger partial charge in [0.05, 0.1) is 0 Å². The molecule has 0 amide bonds. The number of aromatic hydroxyl groups is 1. The van der Waals surface area contributed by atoms with Gasteiger partial charge in [0, 0.05) is 0 Å². The molecule has 6 heteroatoms. The number of hydrogen-bond donors (Lipinski definition) is 3. The van der Waals surface area contributed by atoms with Gasteiger partial charge in [0.15, 0.2) is 0 Å². The number of carbonyl (C=O) groups excluding carboxylic acids is 1. The number of phenolic OH excluding ortho intramolecular Hbond substituents is 1. The molecule has 2 rings (SSSR count). The van der Waals surface area contributed by atoms with Crippen molar-refractivity contribution in [3.05, 3.63) is 65.2 Å². The number of rotatable bonds is 5. The van der Waals surface area contributed by atoms with E-state index in [4.69, 9.17) is 5.11 Å². The standard InChI is InChI=1S/C19H20GeO5/c1-20(2,3)14-8-9-16(21)15(10-14)18(23)11-17(22)12-4-6-13(7-5-12)19(24)25/h4-11,21-22H,1-3H3,(H,24,25)/b17-11+. The van der Waals surface area contributed by atoms with E-state index in [0.717, 1.165) is 10.5 Å². The van der Waals surface area contributed by atoms with Crippen molar-refractivity contribution < 1.29 is 24.9 Å². The fourth-order valence-corrected chi connectivity index (χ4v) is 4.70. The summed E-state index contributed by atoms with van der Waals surface area (Å²) >= 11 is -2.17. The first-order chi connectivity index (χ1) is 11.6. The van der Waals surface area contributed by atoms with Gasteiger partial charge >= 0.3 is 148 Å². The average molecular weight is 401 g/mol. The van der Waals surface area contributed by atoms with E-state index in [0.29, 0.717) is 5.56 Å². The van der Waals surface area contributed by atoms with Crippen LogP contribution in [-0.2, 0) is 0 Å². The molecule has 0 aliphatic heterocycles. The van der Waals surface area contributed by atoms with Gasteiger partial charge in [-0.25, -0.2) is 0 Å². The van der Waals surface area contributed by atoms with E-state index in [1.807, 2.05) is 6.07 Å². The molecule has 3 N–H and O–H groups in total. The molecule has 0 saturated heterocycles. The molecule has 5 nitrogen and oxygen atoms in total. The van der Waals surface area contributed by atoms with Crippen molar-refractivity contribution in [3.8, 4) is 5.75 Å². The number of hydrogen-bond acceptors (Lipinski definition) is 4. The molecule has 0 bridgehead atoms. The van der Waals surface area contributed by atoms with Gasteiger partial charge in [0.1, 0.15) is 0 Å². The number of allylic oxidation sites excluding steroid dienone is 1. The van der Waals surface area contributed by atoms with Crippen LogP contribution in [0.25, 0.3) is 5.76 Å². The zero-order chi connectivity index (χ0) is 18.8. The quantitative estimate of drug-likeness (QED) is 0.309. The van der Waals surface area contributed by atoms with E-state index in [1.165, 1.54) is 30.3 Å². The Morgan fingerprint density at radius 2 is 1.48 bits per heavy atom. The molecular formula is C19H20GeO5. The van der Waals surface area contributed by atoms with Gasteiger partial charge in [-0.05, 0) is 0 Å². The number of carbonyl (C=O) groups is 2. The third kappa shape index (κ3) is 4.51. The number of aliphatic hydroxyl groups excluding tert-OH is 1. The van der Waals surface area contributed by atoms with Crippen molar-refractivity contribution in [1.29, 1.82) is 0 Å². The molecule has 0 saturated carbocycles. The number of carboxylic acid groups (broad SMARTS) is 1. The van der Waals surface area contributed by atoms with Crippen LogP contribution in [0, 0.1) is 0 Å². The molecule has 2 aromatic rings. The predicted molar refractivity (Wildman–Crippen MR) is 99.4 cm³/mol. The van der Waals surface area contributed by atoms with Crippen molar-refractivity contribution in [1.82, 2.24) is 0 Å². The number of ketones is 1. The summed E-state index contributed by atoms with van der Waals surface area (Å²) in [6.45, 7) is 0. The van der Waals surface area contributed by atoms with Crippen LogP contribution in [0.2, 0.25) is 17.3 Å². The summed E-state index contributed by atoms with van der Waals surface area (Å²) in [4.78, 5) is 23.3. The van der Waals surface area contributed by atoms with Crippen molar-refractivity contribution in [2.45, 2.75) is 17.3 Å². The molecule has 130 valence electrons. The Morgan fingerprint density at radius 1 is 0.920 bits per heavy atom. The molecular weight excluding hydrogens is 381 g/mol. The summed E-state index contributed by atoms with van der Waals surface area (Å²) in [5.41, 5.74) is 0.555. The van der Waals surface area contributed by atoms with E-state index in [2.05, 4.69) is 17.3 Å². The summed E-state index contributed by atoms with van der Waals surface area (Å²) in [5.74, 6) is 4.54. The van der Waals surface area contributed by atoms with Gasteiger partial charge in [-0.3, -0.25) is 0 Å². The van der Waals surface area contributed by atoms with E-state index in [-0.39, 0.29) is 22.6 Å². The second-order valence-electron chi connectivity index (χ2n) is 6.76.